The maximum Gasteiger partial charge on any atom is 0.240 e. The van der Waals surface area contributed by atoms with Gasteiger partial charge in [0.15, 0.2) is 0 Å². The summed E-state index contributed by atoms with van der Waals surface area (Å²) in [7, 11) is -3.48. The molecule has 0 spiro atoms. The first-order chi connectivity index (χ1) is 10.6. The number of nitrogens with one attached hydrogen (secondary N) is 4. The Morgan fingerprint density at radius 1 is 1.32 bits per heavy atom. The summed E-state index contributed by atoms with van der Waals surface area (Å²) in [6.45, 7) is 2.09. The molecular formula is C14H16N5O2S+. The lowest BCUT2D eigenvalue weighted by Crippen LogP contribution is -2.23. The van der Waals surface area contributed by atoms with Crippen LogP contribution in [0.4, 0.5) is 11.5 Å². The molecule has 0 aliphatic heterocycles. The zero-order valence-corrected chi connectivity index (χ0v) is 12.7. The molecule has 0 amide bonds. The third-order valence-electron chi connectivity index (χ3n) is 3.15. The first-order valence-corrected chi connectivity index (χ1v) is 8.29. The van der Waals surface area contributed by atoms with Gasteiger partial charge in [-0.15, -0.1) is 0 Å². The minimum Gasteiger partial charge on any atom is -0.326 e. The topological polar surface area (TPSA) is 101 Å². The Bertz CT molecular complexity index is 904. The van der Waals surface area contributed by atoms with Crippen molar-refractivity contribution in [1.82, 2.24) is 14.7 Å². The van der Waals surface area contributed by atoms with Crippen molar-refractivity contribution in [3.8, 4) is 0 Å². The maximum absolute atomic E-state index is 12.0. The molecule has 0 saturated heterocycles. The third kappa shape index (κ3) is 2.78. The van der Waals surface area contributed by atoms with Gasteiger partial charge in [-0.1, -0.05) is 18.0 Å². The van der Waals surface area contributed by atoms with Crippen molar-refractivity contribution in [1.29, 1.82) is 0 Å². The Morgan fingerprint density at radius 3 is 3.00 bits per heavy atom. The number of aromatic nitrogens is 3. The molecule has 3 rings (SSSR count). The predicted molar refractivity (Wildman–Crippen MR) is 83.2 cm³/mol. The minimum absolute atomic E-state index is 0.215. The SMILES string of the molecule is CCNS(=O)(=O)c1cccc(Nc2nc[nH+]c3[nH]ccc23)c1. The van der Waals surface area contributed by atoms with Crippen LogP contribution in [0.25, 0.3) is 11.0 Å². The van der Waals surface area contributed by atoms with E-state index in [9.17, 15) is 8.42 Å². The quantitative estimate of drug-likeness (QED) is 0.662. The summed E-state index contributed by atoms with van der Waals surface area (Å²) in [6, 6.07) is 8.51. The van der Waals surface area contributed by atoms with Crippen molar-refractivity contribution in [2.45, 2.75) is 11.8 Å². The fourth-order valence-corrected chi connectivity index (χ4v) is 3.25. The summed E-state index contributed by atoms with van der Waals surface area (Å²) in [5.74, 6) is 0.646. The fraction of sp³-hybridized carbons (Fsp3) is 0.143. The molecule has 7 nitrogen and oxygen atoms in total. The molecule has 1 aromatic carbocycles. The lowest BCUT2D eigenvalue weighted by Gasteiger charge is -2.07. The van der Waals surface area contributed by atoms with Gasteiger partial charge in [0.1, 0.15) is 5.39 Å². The van der Waals surface area contributed by atoms with Gasteiger partial charge in [-0.3, -0.25) is 4.98 Å². The lowest BCUT2D eigenvalue weighted by atomic mass is 10.3. The molecular weight excluding hydrogens is 302 g/mol. The van der Waals surface area contributed by atoms with Crippen molar-refractivity contribution in [2.24, 2.45) is 0 Å². The van der Waals surface area contributed by atoms with Crippen LogP contribution in [0.2, 0.25) is 0 Å². The van der Waals surface area contributed by atoms with E-state index in [4.69, 9.17) is 0 Å². The number of fused-ring (bicyclic) bond motifs is 1. The molecule has 0 atom stereocenters. The Morgan fingerprint density at radius 2 is 2.18 bits per heavy atom. The number of anilines is 2. The normalized spacial score (nSPS) is 11.7. The summed E-state index contributed by atoms with van der Waals surface area (Å²) in [6.07, 6.45) is 3.38. The zero-order chi connectivity index (χ0) is 15.6. The van der Waals surface area contributed by atoms with Crippen LogP contribution >= 0.6 is 0 Å². The summed E-state index contributed by atoms with van der Waals surface area (Å²) in [5, 5.41) is 4.04. The van der Waals surface area contributed by atoms with E-state index in [1.165, 1.54) is 0 Å². The largest absolute Gasteiger partial charge is 0.326 e. The van der Waals surface area contributed by atoms with Crippen molar-refractivity contribution < 1.29 is 13.4 Å². The molecule has 0 fully saturated rings. The molecule has 2 aromatic heterocycles. The van der Waals surface area contributed by atoms with E-state index in [0.29, 0.717) is 18.1 Å². The molecule has 0 aliphatic rings. The van der Waals surface area contributed by atoms with Crippen molar-refractivity contribution in [3.05, 3.63) is 42.9 Å². The van der Waals surface area contributed by atoms with Gasteiger partial charge in [0.05, 0.1) is 11.1 Å². The molecule has 2 heterocycles. The molecule has 22 heavy (non-hydrogen) atoms. The zero-order valence-electron chi connectivity index (χ0n) is 11.9. The lowest BCUT2D eigenvalue weighted by molar-refractivity contribution is -0.352. The number of hydrogen-bond acceptors (Lipinski definition) is 4. The van der Waals surface area contributed by atoms with E-state index in [-0.39, 0.29) is 4.90 Å². The molecule has 114 valence electrons. The number of H-pyrrole nitrogens is 2. The van der Waals surface area contributed by atoms with Gasteiger partial charge < -0.3 is 5.32 Å². The van der Waals surface area contributed by atoms with Gasteiger partial charge in [0.25, 0.3) is 0 Å². The number of rotatable bonds is 5. The predicted octanol–water partition coefficient (Wildman–Crippen LogP) is 1.42. The van der Waals surface area contributed by atoms with Gasteiger partial charge in [-0.2, -0.15) is 0 Å². The number of aromatic amines is 2. The summed E-state index contributed by atoms with van der Waals surface area (Å²) in [5.41, 5.74) is 1.49. The Balaban J connectivity index is 1.95. The molecule has 4 N–H and O–H groups in total. The molecule has 0 bridgehead atoms. The summed E-state index contributed by atoms with van der Waals surface area (Å²) >= 11 is 0. The molecule has 0 aliphatic carbocycles. The van der Waals surface area contributed by atoms with Crippen LogP contribution in [0.1, 0.15) is 6.92 Å². The highest BCUT2D eigenvalue weighted by atomic mass is 32.2. The van der Waals surface area contributed by atoms with Gasteiger partial charge >= 0.3 is 0 Å². The smallest absolute Gasteiger partial charge is 0.240 e. The van der Waals surface area contributed by atoms with Crippen molar-refractivity contribution >= 4 is 32.6 Å². The average Bonchev–Trinajstić information content (AvgIpc) is 2.97. The molecule has 8 heteroatoms. The summed E-state index contributed by atoms with van der Waals surface area (Å²) in [4.78, 5) is 10.5. The first kappa shape index (κ1) is 14.5. The molecule has 3 aromatic rings. The van der Waals surface area contributed by atoms with E-state index < -0.39 is 10.0 Å². The van der Waals surface area contributed by atoms with Crippen LogP contribution in [0.3, 0.4) is 0 Å². The van der Waals surface area contributed by atoms with E-state index in [1.54, 1.807) is 43.7 Å². The van der Waals surface area contributed by atoms with Crippen LogP contribution in [0.5, 0.6) is 0 Å². The molecule has 0 unspecified atom stereocenters. The number of hydrogen-bond donors (Lipinski definition) is 3. The second-order valence-corrected chi connectivity index (χ2v) is 6.44. The van der Waals surface area contributed by atoms with Crippen LogP contribution < -0.4 is 15.0 Å². The Labute approximate surface area is 127 Å². The van der Waals surface area contributed by atoms with Gasteiger partial charge in [0, 0.05) is 12.2 Å². The van der Waals surface area contributed by atoms with Gasteiger partial charge in [-0.25, -0.2) is 18.1 Å². The maximum atomic E-state index is 12.0. The minimum atomic E-state index is -3.48. The standard InChI is InChI=1S/C14H15N5O2S/c1-2-18-22(20,21)11-5-3-4-10(8-11)19-14-12-6-7-15-13(12)16-9-17-14/h3-9,18H,2H2,1H3,(H2,15,16,17,19)/p+1. The van der Waals surface area contributed by atoms with Crippen LogP contribution in [-0.2, 0) is 10.0 Å². The Hall–Kier alpha value is -2.45. The monoisotopic (exact) mass is 318 g/mol. The molecule has 0 saturated carbocycles. The molecule has 0 radical (unpaired) electrons. The van der Waals surface area contributed by atoms with E-state index in [2.05, 4.69) is 25.0 Å². The Kier molecular flexibility index (Phi) is 3.78. The van der Waals surface area contributed by atoms with E-state index in [1.807, 2.05) is 6.07 Å². The highest BCUT2D eigenvalue weighted by Crippen LogP contribution is 2.22. The first-order valence-electron chi connectivity index (χ1n) is 6.80. The summed E-state index contributed by atoms with van der Waals surface area (Å²) < 4.78 is 26.6. The fourth-order valence-electron chi connectivity index (χ4n) is 2.17. The second-order valence-electron chi connectivity index (χ2n) is 4.67. The van der Waals surface area contributed by atoms with Gasteiger partial charge in [0.2, 0.25) is 27.8 Å². The van der Waals surface area contributed by atoms with Gasteiger partial charge in [-0.05, 0) is 24.3 Å². The van der Waals surface area contributed by atoms with E-state index in [0.717, 1.165) is 11.0 Å². The van der Waals surface area contributed by atoms with Crippen molar-refractivity contribution in [3.63, 3.8) is 0 Å². The van der Waals surface area contributed by atoms with E-state index >= 15 is 0 Å². The van der Waals surface area contributed by atoms with Crippen molar-refractivity contribution in [2.75, 3.05) is 11.9 Å². The number of benzene rings is 1. The van der Waals surface area contributed by atoms with Crippen LogP contribution in [0.15, 0.2) is 47.8 Å². The highest BCUT2D eigenvalue weighted by molar-refractivity contribution is 7.89. The van der Waals surface area contributed by atoms with Crippen LogP contribution in [0, 0.1) is 0 Å². The average molecular weight is 318 g/mol. The second kappa shape index (κ2) is 5.74. The third-order valence-corrected chi connectivity index (χ3v) is 4.69. The highest BCUT2D eigenvalue weighted by Gasteiger charge is 2.14. The number of sulfonamides is 1. The van der Waals surface area contributed by atoms with Crippen LogP contribution in [-0.4, -0.2) is 24.9 Å². The number of nitrogens with zero attached hydrogens (tertiary/aromatic N) is 1.